The first-order valence-corrected chi connectivity index (χ1v) is 5.33. The number of aliphatic hydroxyl groups is 1. The van der Waals surface area contributed by atoms with Crippen LogP contribution in [0.2, 0.25) is 0 Å². The summed E-state index contributed by atoms with van der Waals surface area (Å²) in [6.45, 7) is 1.90. The molecule has 3 heteroatoms. The van der Waals surface area contributed by atoms with E-state index in [1.165, 1.54) is 0 Å². The second-order valence-corrected chi connectivity index (χ2v) is 4.53. The fourth-order valence-electron chi connectivity index (χ4n) is 2.11. The van der Waals surface area contributed by atoms with Crippen molar-refractivity contribution >= 4 is 5.65 Å². The van der Waals surface area contributed by atoms with E-state index in [2.05, 4.69) is 4.98 Å². The molecule has 1 saturated carbocycles. The van der Waals surface area contributed by atoms with E-state index in [1.807, 2.05) is 35.9 Å². The molecule has 0 spiro atoms. The summed E-state index contributed by atoms with van der Waals surface area (Å²) in [5.41, 5.74) is 1.19. The molecule has 2 aromatic rings. The summed E-state index contributed by atoms with van der Waals surface area (Å²) in [6.07, 6.45) is 7.89. The highest BCUT2D eigenvalue weighted by Crippen LogP contribution is 2.45. The number of imidazole rings is 1. The van der Waals surface area contributed by atoms with E-state index in [-0.39, 0.29) is 0 Å². The molecule has 3 nitrogen and oxygen atoms in total. The van der Waals surface area contributed by atoms with Crippen molar-refractivity contribution in [2.75, 3.05) is 0 Å². The monoisotopic (exact) mass is 202 g/mol. The van der Waals surface area contributed by atoms with Crippen molar-refractivity contribution in [3.63, 3.8) is 0 Å². The Morgan fingerprint density at radius 2 is 2.27 bits per heavy atom. The van der Waals surface area contributed by atoms with Crippen molar-refractivity contribution in [3.8, 4) is 0 Å². The Kier molecular flexibility index (Phi) is 1.68. The minimum Gasteiger partial charge on any atom is -0.385 e. The highest BCUT2D eigenvalue weighted by molar-refractivity contribution is 5.43. The lowest BCUT2D eigenvalue weighted by Gasteiger charge is -2.23. The number of aromatic nitrogens is 2. The maximum absolute atomic E-state index is 10.4. The van der Waals surface area contributed by atoms with Crippen LogP contribution in [0.25, 0.3) is 5.65 Å². The maximum Gasteiger partial charge on any atom is 0.137 e. The molecule has 2 heterocycles. The van der Waals surface area contributed by atoms with Gasteiger partial charge in [0.1, 0.15) is 5.65 Å². The highest BCUT2D eigenvalue weighted by atomic mass is 16.3. The summed E-state index contributed by atoms with van der Waals surface area (Å²) in [4.78, 5) is 4.22. The third-order valence-electron chi connectivity index (χ3n) is 3.35. The number of pyridine rings is 1. The van der Waals surface area contributed by atoms with Crippen LogP contribution in [0.3, 0.4) is 0 Å². The van der Waals surface area contributed by atoms with Crippen LogP contribution in [0.4, 0.5) is 0 Å². The zero-order valence-electron chi connectivity index (χ0n) is 8.72. The van der Waals surface area contributed by atoms with Crippen molar-refractivity contribution in [2.45, 2.75) is 25.4 Å². The molecule has 1 unspecified atom stereocenters. The van der Waals surface area contributed by atoms with Crippen molar-refractivity contribution in [1.82, 2.24) is 9.38 Å². The molecular formula is C12H14N2O. The Morgan fingerprint density at radius 3 is 3.00 bits per heavy atom. The van der Waals surface area contributed by atoms with E-state index in [4.69, 9.17) is 0 Å². The Bertz CT molecular complexity index is 497. The predicted octanol–water partition coefficient (Wildman–Crippen LogP) is 1.95. The molecule has 0 saturated heterocycles. The van der Waals surface area contributed by atoms with Crippen LogP contribution in [0, 0.1) is 5.92 Å². The van der Waals surface area contributed by atoms with Crippen LogP contribution in [0.5, 0.6) is 0 Å². The molecule has 78 valence electrons. The van der Waals surface area contributed by atoms with E-state index in [9.17, 15) is 5.11 Å². The molecule has 0 aliphatic heterocycles. The van der Waals surface area contributed by atoms with Crippen LogP contribution in [0.15, 0.2) is 30.7 Å². The largest absolute Gasteiger partial charge is 0.385 e. The maximum atomic E-state index is 10.4. The molecule has 1 aliphatic rings. The van der Waals surface area contributed by atoms with Crippen molar-refractivity contribution in [2.24, 2.45) is 5.92 Å². The summed E-state index contributed by atoms with van der Waals surface area (Å²) in [6, 6.07) is 3.95. The first-order chi connectivity index (χ1) is 7.18. The number of rotatable bonds is 2. The average Bonchev–Trinajstić information content (AvgIpc) is 2.97. The standard InChI is InChI=1S/C12H14N2O/c1-12(15,9-2-3-9)10-4-6-14-7-5-13-11(14)8-10/h4-9,15H,2-3H2,1H3. The molecule has 15 heavy (non-hydrogen) atoms. The molecule has 1 N–H and O–H groups in total. The molecule has 0 aromatic carbocycles. The van der Waals surface area contributed by atoms with Gasteiger partial charge in [-0.15, -0.1) is 0 Å². The number of hydrogen-bond acceptors (Lipinski definition) is 2. The van der Waals surface area contributed by atoms with Gasteiger partial charge in [0.15, 0.2) is 0 Å². The van der Waals surface area contributed by atoms with Crippen molar-refractivity contribution < 1.29 is 5.11 Å². The summed E-state index contributed by atoms with van der Waals surface area (Å²) in [5, 5.41) is 10.4. The van der Waals surface area contributed by atoms with E-state index in [0.29, 0.717) is 5.92 Å². The number of nitrogens with zero attached hydrogens (tertiary/aromatic N) is 2. The quantitative estimate of drug-likeness (QED) is 0.808. The third kappa shape index (κ3) is 1.35. The Labute approximate surface area is 88.4 Å². The van der Waals surface area contributed by atoms with Gasteiger partial charge >= 0.3 is 0 Å². The van der Waals surface area contributed by atoms with Crippen LogP contribution in [-0.4, -0.2) is 14.5 Å². The zero-order chi connectivity index (χ0) is 10.5. The third-order valence-corrected chi connectivity index (χ3v) is 3.35. The summed E-state index contributed by atoms with van der Waals surface area (Å²) in [5.74, 6) is 0.426. The van der Waals surface area contributed by atoms with Gasteiger partial charge in [-0.1, -0.05) is 0 Å². The lowest BCUT2D eigenvalue weighted by atomic mass is 9.92. The molecule has 3 rings (SSSR count). The normalized spacial score (nSPS) is 20.4. The molecule has 0 bridgehead atoms. The molecular weight excluding hydrogens is 188 g/mol. The summed E-state index contributed by atoms with van der Waals surface area (Å²) in [7, 11) is 0. The van der Waals surface area contributed by atoms with E-state index >= 15 is 0 Å². The van der Waals surface area contributed by atoms with Crippen LogP contribution in [-0.2, 0) is 5.60 Å². The highest BCUT2D eigenvalue weighted by Gasteiger charge is 2.41. The van der Waals surface area contributed by atoms with Crippen LogP contribution < -0.4 is 0 Å². The van der Waals surface area contributed by atoms with Gasteiger partial charge in [-0.2, -0.15) is 0 Å². The lowest BCUT2D eigenvalue weighted by molar-refractivity contribution is 0.0331. The zero-order valence-corrected chi connectivity index (χ0v) is 8.72. The SMILES string of the molecule is CC(O)(c1ccn2ccnc2c1)C1CC1. The average molecular weight is 202 g/mol. The molecule has 1 aliphatic carbocycles. The van der Waals surface area contributed by atoms with Crippen LogP contribution in [0.1, 0.15) is 25.3 Å². The fraction of sp³-hybridized carbons (Fsp3) is 0.417. The molecule has 1 fully saturated rings. The van der Waals surface area contributed by atoms with Gasteiger partial charge in [-0.05, 0) is 43.4 Å². The first kappa shape index (κ1) is 8.92. The van der Waals surface area contributed by atoms with Gasteiger partial charge in [0.25, 0.3) is 0 Å². The van der Waals surface area contributed by atoms with Gasteiger partial charge in [0.05, 0.1) is 5.60 Å². The minimum atomic E-state index is -0.687. The Morgan fingerprint density at radius 1 is 1.47 bits per heavy atom. The van der Waals surface area contributed by atoms with Gasteiger partial charge in [0, 0.05) is 18.6 Å². The van der Waals surface area contributed by atoms with Gasteiger partial charge < -0.3 is 9.51 Å². The van der Waals surface area contributed by atoms with Gasteiger partial charge in [-0.25, -0.2) is 4.98 Å². The lowest BCUT2D eigenvalue weighted by Crippen LogP contribution is -2.23. The van der Waals surface area contributed by atoms with Gasteiger partial charge in [-0.3, -0.25) is 0 Å². The van der Waals surface area contributed by atoms with E-state index in [0.717, 1.165) is 24.1 Å². The van der Waals surface area contributed by atoms with E-state index in [1.54, 1.807) is 6.20 Å². The molecule has 2 aromatic heterocycles. The van der Waals surface area contributed by atoms with Crippen LogP contribution >= 0.6 is 0 Å². The van der Waals surface area contributed by atoms with E-state index < -0.39 is 5.60 Å². The first-order valence-electron chi connectivity index (χ1n) is 5.33. The Hall–Kier alpha value is -1.35. The second kappa shape index (κ2) is 2.83. The molecule has 0 amide bonds. The van der Waals surface area contributed by atoms with Crippen molar-refractivity contribution in [3.05, 3.63) is 36.3 Å². The Balaban J connectivity index is 2.09. The summed E-state index contributed by atoms with van der Waals surface area (Å²) >= 11 is 0. The van der Waals surface area contributed by atoms with Gasteiger partial charge in [0.2, 0.25) is 0 Å². The molecule has 1 atom stereocenters. The van der Waals surface area contributed by atoms with Crippen molar-refractivity contribution in [1.29, 1.82) is 0 Å². The number of fused-ring (bicyclic) bond motifs is 1. The molecule has 0 radical (unpaired) electrons. The second-order valence-electron chi connectivity index (χ2n) is 4.53. The predicted molar refractivity (Wildman–Crippen MR) is 57.5 cm³/mol. The summed E-state index contributed by atoms with van der Waals surface area (Å²) < 4.78 is 1.95. The fourth-order valence-corrected chi connectivity index (χ4v) is 2.11. The number of hydrogen-bond donors (Lipinski definition) is 1. The smallest absolute Gasteiger partial charge is 0.137 e. The minimum absolute atomic E-state index is 0.426. The topological polar surface area (TPSA) is 37.5 Å².